The molecule has 4 heteroatoms. The van der Waals surface area contributed by atoms with E-state index in [2.05, 4.69) is 17.4 Å². The summed E-state index contributed by atoms with van der Waals surface area (Å²) in [5.74, 6) is 1.04. The Morgan fingerprint density at radius 2 is 1.69 bits per heavy atom. The zero-order valence-electron chi connectivity index (χ0n) is 14.6. The van der Waals surface area contributed by atoms with Crippen molar-refractivity contribution in [3.8, 4) is 11.5 Å². The molecule has 0 aliphatic carbocycles. The number of nitrogens with one attached hydrogen (secondary N) is 1. The van der Waals surface area contributed by atoms with Crippen molar-refractivity contribution in [2.75, 3.05) is 19.0 Å². The number of carbonyl (C=O) groups is 1. The predicted molar refractivity (Wildman–Crippen MR) is 103 cm³/mol. The zero-order chi connectivity index (χ0) is 18.2. The molecule has 0 aliphatic heterocycles. The van der Waals surface area contributed by atoms with Crippen LogP contribution in [0.25, 0.3) is 0 Å². The lowest BCUT2D eigenvalue weighted by Crippen LogP contribution is -2.13. The first kappa shape index (κ1) is 17.5. The highest BCUT2D eigenvalue weighted by molar-refractivity contribution is 6.06. The lowest BCUT2D eigenvalue weighted by Gasteiger charge is -2.11. The Hall–Kier alpha value is -3.27. The number of benzene rings is 3. The number of para-hydroxylation sites is 1. The Balaban J connectivity index is 1.61. The molecular formula is C22H21NO3. The Morgan fingerprint density at radius 3 is 2.50 bits per heavy atom. The van der Waals surface area contributed by atoms with Crippen LogP contribution < -0.4 is 14.8 Å². The second kappa shape index (κ2) is 8.72. The maximum atomic E-state index is 12.5. The normalized spacial score (nSPS) is 10.2. The van der Waals surface area contributed by atoms with E-state index in [-0.39, 0.29) is 5.91 Å². The second-order valence-electron chi connectivity index (χ2n) is 5.77. The van der Waals surface area contributed by atoms with Crippen LogP contribution in [0.4, 0.5) is 5.69 Å². The fourth-order valence-electron chi connectivity index (χ4n) is 2.63. The van der Waals surface area contributed by atoms with E-state index < -0.39 is 0 Å². The molecule has 0 saturated heterocycles. The highest BCUT2D eigenvalue weighted by Gasteiger charge is 2.11. The fourth-order valence-corrected chi connectivity index (χ4v) is 2.63. The van der Waals surface area contributed by atoms with Gasteiger partial charge in [0.25, 0.3) is 5.91 Å². The van der Waals surface area contributed by atoms with Crippen LogP contribution in [0.3, 0.4) is 0 Å². The van der Waals surface area contributed by atoms with Crippen LogP contribution in [0.5, 0.6) is 11.5 Å². The highest BCUT2D eigenvalue weighted by Crippen LogP contribution is 2.21. The van der Waals surface area contributed by atoms with E-state index in [1.54, 1.807) is 25.3 Å². The molecule has 0 heterocycles. The lowest BCUT2D eigenvalue weighted by atomic mass is 10.1. The minimum Gasteiger partial charge on any atom is -0.496 e. The molecule has 3 aromatic carbocycles. The number of rotatable bonds is 7. The smallest absolute Gasteiger partial charge is 0.259 e. The number of ether oxygens (including phenoxy) is 2. The average Bonchev–Trinajstić information content (AvgIpc) is 2.69. The topological polar surface area (TPSA) is 47.6 Å². The number of carbonyl (C=O) groups excluding carboxylic acids is 1. The van der Waals surface area contributed by atoms with E-state index in [4.69, 9.17) is 9.47 Å². The van der Waals surface area contributed by atoms with Gasteiger partial charge in [0.05, 0.1) is 19.3 Å². The van der Waals surface area contributed by atoms with Gasteiger partial charge in [0.2, 0.25) is 0 Å². The summed E-state index contributed by atoms with van der Waals surface area (Å²) in [6, 6.07) is 24.7. The molecule has 132 valence electrons. The summed E-state index contributed by atoms with van der Waals surface area (Å²) in [5.41, 5.74) is 2.40. The molecule has 26 heavy (non-hydrogen) atoms. The van der Waals surface area contributed by atoms with Gasteiger partial charge in [-0.1, -0.05) is 48.5 Å². The third-order valence-corrected chi connectivity index (χ3v) is 3.95. The van der Waals surface area contributed by atoms with E-state index in [1.807, 2.05) is 48.5 Å². The molecule has 0 aliphatic rings. The standard InChI is InChI=1S/C22H21NO3/c1-25-21-13-6-5-12-20(21)22(24)23-18-10-7-11-19(16-18)26-15-14-17-8-3-2-4-9-17/h2-13,16H,14-15H2,1H3,(H,23,24). The number of amides is 1. The molecule has 1 N–H and O–H groups in total. The van der Waals surface area contributed by atoms with E-state index in [0.717, 1.165) is 12.2 Å². The molecular weight excluding hydrogens is 326 g/mol. The minimum atomic E-state index is -0.219. The maximum absolute atomic E-state index is 12.5. The summed E-state index contributed by atoms with van der Waals surface area (Å²) in [5, 5.41) is 2.88. The van der Waals surface area contributed by atoms with Gasteiger partial charge >= 0.3 is 0 Å². The first-order valence-corrected chi connectivity index (χ1v) is 8.47. The molecule has 0 spiro atoms. The van der Waals surface area contributed by atoms with Gasteiger partial charge < -0.3 is 14.8 Å². The number of anilines is 1. The van der Waals surface area contributed by atoms with Gasteiger partial charge in [-0.2, -0.15) is 0 Å². The summed E-state index contributed by atoms with van der Waals surface area (Å²) in [6.07, 6.45) is 0.832. The lowest BCUT2D eigenvalue weighted by molar-refractivity contribution is 0.102. The van der Waals surface area contributed by atoms with Gasteiger partial charge in [0, 0.05) is 18.2 Å². The monoisotopic (exact) mass is 347 g/mol. The first-order valence-electron chi connectivity index (χ1n) is 8.47. The van der Waals surface area contributed by atoms with Crippen LogP contribution >= 0.6 is 0 Å². The predicted octanol–water partition coefficient (Wildman–Crippen LogP) is 4.57. The SMILES string of the molecule is COc1ccccc1C(=O)Nc1cccc(OCCc2ccccc2)c1. The van der Waals surface area contributed by atoms with Crippen molar-refractivity contribution in [3.05, 3.63) is 90.0 Å². The summed E-state index contributed by atoms with van der Waals surface area (Å²) >= 11 is 0. The average molecular weight is 347 g/mol. The van der Waals surface area contributed by atoms with Gasteiger partial charge in [-0.05, 0) is 29.8 Å². The quantitative estimate of drug-likeness (QED) is 0.681. The van der Waals surface area contributed by atoms with Crippen LogP contribution in [0.15, 0.2) is 78.9 Å². The molecule has 0 saturated carbocycles. The molecule has 0 bridgehead atoms. The fraction of sp³-hybridized carbons (Fsp3) is 0.136. The molecule has 0 radical (unpaired) electrons. The number of methoxy groups -OCH3 is 1. The highest BCUT2D eigenvalue weighted by atomic mass is 16.5. The van der Waals surface area contributed by atoms with E-state index in [9.17, 15) is 4.79 Å². The molecule has 0 aromatic heterocycles. The van der Waals surface area contributed by atoms with Gasteiger partial charge in [0.15, 0.2) is 0 Å². The van der Waals surface area contributed by atoms with Crippen molar-refractivity contribution in [2.45, 2.75) is 6.42 Å². The van der Waals surface area contributed by atoms with Gasteiger partial charge in [-0.15, -0.1) is 0 Å². The van der Waals surface area contributed by atoms with Crippen molar-refractivity contribution < 1.29 is 14.3 Å². The summed E-state index contributed by atoms with van der Waals surface area (Å²) in [4.78, 5) is 12.5. The zero-order valence-corrected chi connectivity index (χ0v) is 14.6. The Bertz CT molecular complexity index is 862. The molecule has 0 fully saturated rings. The Labute approximate surface area is 153 Å². The minimum absolute atomic E-state index is 0.219. The first-order chi connectivity index (χ1) is 12.8. The van der Waals surface area contributed by atoms with Crippen LogP contribution in [0.2, 0.25) is 0 Å². The summed E-state index contributed by atoms with van der Waals surface area (Å²) in [7, 11) is 1.55. The van der Waals surface area contributed by atoms with Crippen LogP contribution in [0.1, 0.15) is 15.9 Å². The largest absolute Gasteiger partial charge is 0.496 e. The summed E-state index contributed by atoms with van der Waals surface area (Å²) < 4.78 is 11.0. The maximum Gasteiger partial charge on any atom is 0.259 e. The molecule has 3 rings (SSSR count). The molecule has 3 aromatic rings. The number of hydrogen-bond donors (Lipinski definition) is 1. The summed E-state index contributed by atoms with van der Waals surface area (Å²) in [6.45, 7) is 0.577. The third-order valence-electron chi connectivity index (χ3n) is 3.95. The van der Waals surface area contributed by atoms with Crippen molar-refractivity contribution in [2.24, 2.45) is 0 Å². The number of hydrogen-bond acceptors (Lipinski definition) is 3. The molecule has 0 unspecified atom stereocenters. The van der Waals surface area contributed by atoms with Crippen LogP contribution in [0, 0.1) is 0 Å². The van der Waals surface area contributed by atoms with Crippen molar-refractivity contribution in [1.82, 2.24) is 0 Å². The Morgan fingerprint density at radius 1 is 0.923 bits per heavy atom. The van der Waals surface area contributed by atoms with Crippen molar-refractivity contribution in [1.29, 1.82) is 0 Å². The van der Waals surface area contributed by atoms with Crippen LogP contribution in [-0.2, 0) is 6.42 Å². The van der Waals surface area contributed by atoms with Crippen molar-refractivity contribution >= 4 is 11.6 Å². The van der Waals surface area contributed by atoms with Crippen LogP contribution in [-0.4, -0.2) is 19.6 Å². The molecule has 0 atom stereocenters. The van der Waals surface area contributed by atoms with Gasteiger partial charge in [-0.3, -0.25) is 4.79 Å². The second-order valence-corrected chi connectivity index (χ2v) is 5.77. The van der Waals surface area contributed by atoms with E-state index in [0.29, 0.717) is 23.6 Å². The van der Waals surface area contributed by atoms with Crippen molar-refractivity contribution in [3.63, 3.8) is 0 Å². The van der Waals surface area contributed by atoms with Gasteiger partial charge in [-0.25, -0.2) is 0 Å². The molecule has 4 nitrogen and oxygen atoms in total. The molecule has 1 amide bonds. The van der Waals surface area contributed by atoms with E-state index in [1.165, 1.54) is 5.56 Å². The third kappa shape index (κ3) is 4.63. The van der Waals surface area contributed by atoms with Gasteiger partial charge in [0.1, 0.15) is 11.5 Å². The van der Waals surface area contributed by atoms with E-state index >= 15 is 0 Å². The Kier molecular flexibility index (Phi) is 5.88.